The van der Waals surface area contributed by atoms with Crippen molar-refractivity contribution in [1.82, 2.24) is 14.1 Å². The number of hydrogen-bond acceptors (Lipinski definition) is 3. The second-order valence-electron chi connectivity index (χ2n) is 18.2. The molecule has 0 fully saturated rings. The van der Waals surface area contributed by atoms with Crippen LogP contribution in [0.3, 0.4) is 0 Å². The van der Waals surface area contributed by atoms with Gasteiger partial charge in [0.2, 0.25) is 0 Å². The molecule has 0 radical (unpaired) electrons. The maximum atomic E-state index is 6.79. The fourth-order valence-corrected chi connectivity index (χ4v) is 10.2. The number of para-hydroxylation sites is 3. The number of pyridine rings is 1. The van der Waals surface area contributed by atoms with Crippen LogP contribution in [0.25, 0.3) is 22.4 Å². The summed E-state index contributed by atoms with van der Waals surface area (Å²) in [7, 11) is 0. The van der Waals surface area contributed by atoms with Gasteiger partial charge in [0.25, 0.3) is 0 Å². The van der Waals surface area contributed by atoms with E-state index in [1.54, 1.807) is 0 Å². The summed E-state index contributed by atoms with van der Waals surface area (Å²) in [6.45, 7) is 21.4. The van der Waals surface area contributed by atoms with Crippen LogP contribution in [0.5, 0.6) is 11.5 Å². The Labute approximate surface area is 342 Å². The minimum atomic E-state index is -0.0215. The SMILES string of the molecule is CC(C)(C)c1ccnc(N2c3cc(Oc4cccc(-n5[c](=[Pt])n(-c6ccccc6)c6ccccc65)c4)ccc3Cc3cc4c(cc32)C(C)(C)C(C)(C)C4(C)C)c1. The number of rotatable bonds is 5. The quantitative estimate of drug-likeness (QED) is 0.173. The molecule has 0 atom stereocenters. The molecule has 0 spiro atoms. The molecule has 0 saturated heterocycles. The van der Waals surface area contributed by atoms with Crippen molar-refractivity contribution in [1.29, 1.82) is 0 Å². The Kier molecular flexibility index (Phi) is 8.35. The molecule has 3 heterocycles. The zero-order valence-corrected chi connectivity index (χ0v) is 36.1. The first-order chi connectivity index (χ1) is 26.6. The topological polar surface area (TPSA) is 35.2 Å². The van der Waals surface area contributed by atoms with E-state index < -0.39 is 0 Å². The summed E-state index contributed by atoms with van der Waals surface area (Å²) >= 11 is 2.44. The van der Waals surface area contributed by atoms with Gasteiger partial charge < -0.3 is 0 Å². The van der Waals surface area contributed by atoms with Gasteiger partial charge in [-0.05, 0) is 44.4 Å². The average molecular weight is 918 g/mol. The normalized spacial score (nSPS) is 16.4. The van der Waals surface area contributed by atoms with E-state index in [2.05, 4.69) is 211 Å². The summed E-state index contributed by atoms with van der Waals surface area (Å²) < 4.78 is 12.5. The van der Waals surface area contributed by atoms with Crippen LogP contribution in [-0.4, -0.2) is 14.1 Å². The number of hydrogen-bond donors (Lipinski definition) is 0. The van der Waals surface area contributed by atoms with E-state index in [-0.39, 0.29) is 21.7 Å². The van der Waals surface area contributed by atoms with Gasteiger partial charge in [0.05, 0.1) is 0 Å². The second kappa shape index (κ2) is 12.8. The molecule has 5 nitrogen and oxygen atoms in total. The number of ether oxygens (including phenoxy) is 1. The average Bonchev–Trinajstić information content (AvgIpc) is 3.52. The van der Waals surface area contributed by atoms with Crippen LogP contribution in [0.1, 0.15) is 90.1 Å². The van der Waals surface area contributed by atoms with Crippen molar-refractivity contribution < 1.29 is 24.1 Å². The Balaban J connectivity index is 1.15. The Hall–Kier alpha value is -4.99. The molecule has 0 unspecified atom stereocenters. The molecule has 9 rings (SSSR count). The zero-order valence-electron chi connectivity index (χ0n) is 33.8. The molecule has 6 heteroatoms. The molecule has 7 aromatic rings. The number of fused-ring (bicyclic) bond motifs is 4. The van der Waals surface area contributed by atoms with Crippen LogP contribution >= 0.6 is 0 Å². The molecule has 1 aliphatic heterocycles. The van der Waals surface area contributed by atoms with Crippen LogP contribution < -0.4 is 9.64 Å². The van der Waals surface area contributed by atoms with E-state index in [0.29, 0.717) is 0 Å². The molecule has 286 valence electrons. The van der Waals surface area contributed by atoms with Crippen LogP contribution in [0, 0.1) is 9.22 Å². The Morgan fingerprint density at radius 2 is 1.21 bits per heavy atom. The van der Waals surface area contributed by atoms with Crippen molar-refractivity contribution in [2.24, 2.45) is 5.41 Å². The van der Waals surface area contributed by atoms with E-state index in [1.165, 1.54) is 33.5 Å². The van der Waals surface area contributed by atoms with E-state index in [4.69, 9.17) is 9.72 Å². The Morgan fingerprint density at radius 1 is 0.607 bits per heavy atom. The van der Waals surface area contributed by atoms with Gasteiger partial charge in [-0.1, -0.05) is 68.4 Å². The van der Waals surface area contributed by atoms with E-state index >= 15 is 0 Å². The van der Waals surface area contributed by atoms with E-state index in [1.807, 2.05) is 12.3 Å². The maximum absolute atomic E-state index is 6.79. The van der Waals surface area contributed by atoms with Crippen LogP contribution in [0.4, 0.5) is 17.2 Å². The second-order valence-corrected chi connectivity index (χ2v) is 19.2. The molecule has 5 aromatic carbocycles. The van der Waals surface area contributed by atoms with E-state index in [9.17, 15) is 0 Å². The third-order valence-electron chi connectivity index (χ3n) is 13.5. The summed E-state index contributed by atoms with van der Waals surface area (Å²) in [4.78, 5) is 7.44. The summed E-state index contributed by atoms with van der Waals surface area (Å²) in [6.07, 6.45) is 2.81. The first kappa shape index (κ1) is 36.6. The molecule has 0 N–H and O–H groups in total. The minimum Gasteiger partial charge on any atom is -0.0582 e. The zero-order chi connectivity index (χ0) is 39.4. The predicted molar refractivity (Wildman–Crippen MR) is 226 cm³/mol. The van der Waals surface area contributed by atoms with Gasteiger partial charge in [0.1, 0.15) is 0 Å². The van der Waals surface area contributed by atoms with Crippen molar-refractivity contribution >= 4 is 28.2 Å². The van der Waals surface area contributed by atoms with Crippen LogP contribution in [0.15, 0.2) is 128 Å². The monoisotopic (exact) mass is 917 g/mol. The molecular weight excluding hydrogens is 868 g/mol. The number of nitrogens with zero attached hydrogens (tertiary/aromatic N) is 4. The smallest absolute Gasteiger partial charge is 0.0582 e. The summed E-state index contributed by atoms with van der Waals surface area (Å²) in [5, 5.41) is 0. The predicted octanol–water partition coefficient (Wildman–Crippen LogP) is 13.0. The van der Waals surface area contributed by atoms with Crippen LogP contribution in [-0.2, 0) is 42.0 Å². The standard InChI is InChI=1S/C50H50N4O.Pt/c1-47(2,3)35-24-25-51-46(28-35)54-44-30-39(23-22-33(44)26-34-27-40-41(31-45(34)54)49(6,7)50(8,9)48(40,4)5)55-38-19-15-18-37(29-38)53-32-52(36-16-11-10-12-17-36)42-20-13-14-21-43(42)53;/h10-25,27-31H,26H2,1-9H3;. The van der Waals surface area contributed by atoms with Gasteiger partial charge in [-0.3, -0.25) is 0 Å². The number of aromatic nitrogens is 3. The molecule has 0 bridgehead atoms. The number of imidazole rings is 1. The van der Waals surface area contributed by atoms with Gasteiger partial charge in [0.15, 0.2) is 0 Å². The summed E-state index contributed by atoms with van der Waals surface area (Å²) in [5.74, 6) is 2.49. The van der Waals surface area contributed by atoms with Crippen molar-refractivity contribution in [3.8, 4) is 22.9 Å². The van der Waals surface area contributed by atoms with Gasteiger partial charge in [-0.25, -0.2) is 0 Å². The third-order valence-corrected chi connectivity index (χ3v) is 14.5. The summed E-state index contributed by atoms with van der Waals surface area (Å²) in [6, 6.07) is 43.5. The van der Waals surface area contributed by atoms with Gasteiger partial charge in [-0.15, -0.1) is 0 Å². The summed E-state index contributed by atoms with van der Waals surface area (Å²) in [5.41, 5.74) is 13.5. The molecular formula is C50H50N4OPt. The van der Waals surface area contributed by atoms with Crippen molar-refractivity contribution in [2.75, 3.05) is 4.90 Å². The first-order valence-corrected chi connectivity index (χ1v) is 20.8. The van der Waals surface area contributed by atoms with Crippen molar-refractivity contribution in [2.45, 2.75) is 85.0 Å². The minimum absolute atomic E-state index is 0.0211. The molecule has 2 aliphatic rings. The molecule has 2 aromatic heterocycles. The molecule has 0 saturated carbocycles. The van der Waals surface area contributed by atoms with Gasteiger partial charge >= 0.3 is 225 Å². The van der Waals surface area contributed by atoms with Crippen molar-refractivity contribution in [3.63, 3.8) is 0 Å². The van der Waals surface area contributed by atoms with Crippen molar-refractivity contribution in [3.05, 3.63) is 159 Å². The fourth-order valence-electron chi connectivity index (χ4n) is 9.03. The third kappa shape index (κ3) is 5.52. The molecule has 0 amide bonds. The van der Waals surface area contributed by atoms with Gasteiger partial charge in [-0.2, -0.15) is 0 Å². The van der Waals surface area contributed by atoms with Gasteiger partial charge in [0, 0.05) is 6.20 Å². The Morgan fingerprint density at radius 3 is 1.91 bits per heavy atom. The molecule has 1 aliphatic carbocycles. The molecule has 56 heavy (non-hydrogen) atoms. The fraction of sp³-hybridized carbons (Fsp3) is 0.280. The number of benzene rings is 5. The van der Waals surface area contributed by atoms with E-state index in [0.717, 1.165) is 55.6 Å². The Bertz CT molecular complexity index is 2750. The van der Waals surface area contributed by atoms with Crippen LogP contribution in [0.2, 0.25) is 0 Å². The number of anilines is 3. The first-order valence-electron chi connectivity index (χ1n) is 19.7.